The topological polar surface area (TPSA) is 39.7 Å². The average molecular weight is 281 g/mol. The van der Waals surface area contributed by atoms with E-state index in [0.29, 0.717) is 19.8 Å². The molecule has 4 nitrogen and oxygen atoms in total. The fourth-order valence-electron chi connectivity index (χ4n) is 2.42. The van der Waals surface area contributed by atoms with Gasteiger partial charge >= 0.3 is 0 Å². The van der Waals surface area contributed by atoms with Crippen LogP contribution in [0.25, 0.3) is 0 Å². The van der Waals surface area contributed by atoms with Crippen molar-refractivity contribution in [1.82, 2.24) is 5.32 Å². The summed E-state index contributed by atoms with van der Waals surface area (Å²) >= 11 is 0. The van der Waals surface area contributed by atoms with Gasteiger partial charge in [-0.05, 0) is 33.9 Å². The number of para-hydroxylation sites is 1. The van der Waals surface area contributed by atoms with Gasteiger partial charge < -0.3 is 19.5 Å². The van der Waals surface area contributed by atoms with E-state index in [1.54, 1.807) is 7.11 Å². The van der Waals surface area contributed by atoms with Crippen molar-refractivity contribution in [2.75, 3.05) is 34.0 Å². The maximum Gasteiger partial charge on any atom is 0.124 e. The first-order chi connectivity index (χ1) is 9.56. The van der Waals surface area contributed by atoms with Crippen LogP contribution in [0.1, 0.15) is 32.4 Å². The molecule has 1 atom stereocenters. The Morgan fingerprint density at radius 3 is 2.50 bits per heavy atom. The summed E-state index contributed by atoms with van der Waals surface area (Å²) < 4.78 is 16.7. The Morgan fingerprint density at radius 1 is 1.20 bits per heavy atom. The minimum Gasteiger partial charge on any atom is -0.491 e. The van der Waals surface area contributed by atoms with Crippen molar-refractivity contribution in [3.63, 3.8) is 0 Å². The zero-order valence-corrected chi connectivity index (χ0v) is 13.2. The van der Waals surface area contributed by atoms with Crippen LogP contribution in [0.4, 0.5) is 0 Å². The summed E-state index contributed by atoms with van der Waals surface area (Å²) in [4.78, 5) is 0. The molecule has 20 heavy (non-hydrogen) atoms. The third-order valence-electron chi connectivity index (χ3n) is 3.28. The van der Waals surface area contributed by atoms with Crippen LogP contribution in [-0.2, 0) is 9.47 Å². The van der Waals surface area contributed by atoms with Crippen molar-refractivity contribution >= 4 is 0 Å². The Hall–Kier alpha value is -1.10. The van der Waals surface area contributed by atoms with Gasteiger partial charge in [-0.1, -0.05) is 18.2 Å². The Labute approximate surface area is 122 Å². The summed E-state index contributed by atoms with van der Waals surface area (Å²) in [6, 6.07) is 8.11. The highest BCUT2D eigenvalue weighted by Gasteiger charge is 2.32. The summed E-state index contributed by atoms with van der Waals surface area (Å²) in [6.07, 6.45) is 0. The molecule has 0 aliphatic carbocycles. The Kier molecular flexibility index (Phi) is 6.99. The molecular formula is C16H27NO3. The van der Waals surface area contributed by atoms with Crippen molar-refractivity contribution < 1.29 is 14.2 Å². The predicted molar refractivity (Wildman–Crippen MR) is 81.3 cm³/mol. The average Bonchev–Trinajstić information content (AvgIpc) is 2.41. The third-order valence-corrected chi connectivity index (χ3v) is 3.28. The monoisotopic (exact) mass is 281 g/mol. The van der Waals surface area contributed by atoms with Crippen LogP contribution in [0.15, 0.2) is 24.3 Å². The smallest absolute Gasteiger partial charge is 0.124 e. The number of methoxy groups -OCH3 is 1. The molecule has 0 amide bonds. The molecule has 0 saturated carbocycles. The van der Waals surface area contributed by atoms with Crippen LogP contribution in [0.2, 0.25) is 0 Å². The maximum absolute atomic E-state index is 5.87. The number of hydrogen-bond donors (Lipinski definition) is 1. The van der Waals surface area contributed by atoms with E-state index in [9.17, 15) is 0 Å². The summed E-state index contributed by atoms with van der Waals surface area (Å²) in [6.45, 7) is 7.98. The summed E-state index contributed by atoms with van der Waals surface area (Å²) in [5.74, 6) is 0.872. The van der Waals surface area contributed by atoms with Gasteiger partial charge in [-0.25, -0.2) is 0 Å². The zero-order chi connectivity index (χ0) is 15.0. The van der Waals surface area contributed by atoms with Gasteiger partial charge in [-0.2, -0.15) is 0 Å². The third kappa shape index (κ3) is 4.47. The van der Waals surface area contributed by atoms with Crippen molar-refractivity contribution in [2.45, 2.75) is 32.4 Å². The molecule has 1 N–H and O–H groups in total. The van der Waals surface area contributed by atoms with E-state index in [-0.39, 0.29) is 11.6 Å². The second-order valence-corrected chi connectivity index (χ2v) is 5.14. The van der Waals surface area contributed by atoms with E-state index in [1.165, 1.54) is 0 Å². The largest absolute Gasteiger partial charge is 0.491 e. The second-order valence-electron chi connectivity index (χ2n) is 5.14. The van der Waals surface area contributed by atoms with Crippen LogP contribution in [0, 0.1) is 0 Å². The van der Waals surface area contributed by atoms with Gasteiger partial charge in [-0.15, -0.1) is 0 Å². The first kappa shape index (κ1) is 17.0. The molecule has 4 heteroatoms. The highest BCUT2D eigenvalue weighted by atomic mass is 16.5. The zero-order valence-electron chi connectivity index (χ0n) is 13.2. The summed E-state index contributed by atoms with van der Waals surface area (Å²) in [5.41, 5.74) is 0.786. The number of rotatable bonds is 9. The van der Waals surface area contributed by atoms with Gasteiger partial charge in [0.15, 0.2) is 0 Å². The van der Waals surface area contributed by atoms with E-state index in [0.717, 1.165) is 11.3 Å². The van der Waals surface area contributed by atoms with Gasteiger partial charge in [0.25, 0.3) is 0 Å². The Morgan fingerprint density at radius 2 is 1.90 bits per heavy atom. The quantitative estimate of drug-likeness (QED) is 0.707. The van der Waals surface area contributed by atoms with Gasteiger partial charge in [0, 0.05) is 19.3 Å². The number of benzene rings is 1. The molecule has 0 saturated heterocycles. The molecule has 1 unspecified atom stereocenters. The minimum atomic E-state index is -0.315. The van der Waals surface area contributed by atoms with Crippen molar-refractivity contribution in [3.8, 4) is 5.75 Å². The molecule has 1 aromatic rings. The Bertz CT molecular complexity index is 393. The fraction of sp³-hybridized carbons (Fsp3) is 0.625. The van der Waals surface area contributed by atoms with Gasteiger partial charge in [-0.3, -0.25) is 0 Å². The van der Waals surface area contributed by atoms with E-state index in [4.69, 9.17) is 14.2 Å². The van der Waals surface area contributed by atoms with Crippen molar-refractivity contribution in [1.29, 1.82) is 0 Å². The number of ether oxygens (including phenoxy) is 3. The molecule has 0 spiro atoms. The second kappa shape index (κ2) is 8.25. The van der Waals surface area contributed by atoms with E-state index in [2.05, 4.69) is 25.2 Å². The van der Waals surface area contributed by atoms with Crippen LogP contribution in [0.5, 0.6) is 5.75 Å². The predicted octanol–water partition coefficient (Wildman–Crippen LogP) is 2.79. The molecule has 114 valence electrons. The summed E-state index contributed by atoms with van der Waals surface area (Å²) in [7, 11) is 3.61. The van der Waals surface area contributed by atoms with Crippen LogP contribution < -0.4 is 10.1 Å². The standard InChI is InChI=1S/C16H27NO3/c1-6-20-16(2,3)15(17-4)13-9-7-8-10-14(13)19-12-11-18-5/h7-10,15,17H,6,11-12H2,1-5H3. The van der Waals surface area contributed by atoms with Crippen LogP contribution >= 0.6 is 0 Å². The normalized spacial score (nSPS) is 13.2. The molecule has 1 rings (SSSR count). The molecule has 0 heterocycles. The lowest BCUT2D eigenvalue weighted by atomic mass is 9.91. The maximum atomic E-state index is 5.87. The highest BCUT2D eigenvalue weighted by molar-refractivity contribution is 5.37. The molecule has 0 aliphatic rings. The highest BCUT2D eigenvalue weighted by Crippen LogP contribution is 2.34. The van der Waals surface area contributed by atoms with Crippen molar-refractivity contribution in [3.05, 3.63) is 29.8 Å². The van der Waals surface area contributed by atoms with Gasteiger partial charge in [0.1, 0.15) is 12.4 Å². The molecular weight excluding hydrogens is 254 g/mol. The number of likely N-dealkylation sites (N-methyl/N-ethyl adjacent to an activating group) is 1. The first-order valence-electron chi connectivity index (χ1n) is 7.08. The minimum absolute atomic E-state index is 0.0567. The summed E-state index contributed by atoms with van der Waals surface area (Å²) in [5, 5.41) is 3.34. The lowest BCUT2D eigenvalue weighted by molar-refractivity contribution is -0.0381. The lowest BCUT2D eigenvalue weighted by Gasteiger charge is -2.35. The van der Waals surface area contributed by atoms with Crippen LogP contribution in [-0.4, -0.2) is 39.6 Å². The molecule has 0 aromatic heterocycles. The van der Waals surface area contributed by atoms with Gasteiger partial charge in [0.2, 0.25) is 0 Å². The molecule has 1 aromatic carbocycles. The molecule has 0 bridgehead atoms. The molecule has 0 aliphatic heterocycles. The first-order valence-corrected chi connectivity index (χ1v) is 7.08. The SMILES string of the molecule is CCOC(C)(C)C(NC)c1ccccc1OCCOC. The van der Waals surface area contributed by atoms with E-state index < -0.39 is 0 Å². The Balaban J connectivity index is 2.96. The van der Waals surface area contributed by atoms with Crippen LogP contribution in [0.3, 0.4) is 0 Å². The number of nitrogens with one attached hydrogen (secondary N) is 1. The van der Waals surface area contributed by atoms with Crippen molar-refractivity contribution in [2.24, 2.45) is 0 Å². The molecule has 0 radical (unpaired) electrons. The van der Waals surface area contributed by atoms with E-state index in [1.807, 2.05) is 32.2 Å². The molecule has 0 fully saturated rings. The number of hydrogen-bond acceptors (Lipinski definition) is 4. The lowest BCUT2D eigenvalue weighted by Crippen LogP contribution is -2.40. The van der Waals surface area contributed by atoms with Gasteiger partial charge in [0.05, 0.1) is 18.2 Å². The van der Waals surface area contributed by atoms with E-state index >= 15 is 0 Å². The fourth-order valence-corrected chi connectivity index (χ4v) is 2.42.